The zero-order valence-corrected chi connectivity index (χ0v) is 16.0. The van der Waals surface area contributed by atoms with Gasteiger partial charge in [0.2, 0.25) is 0 Å². The van der Waals surface area contributed by atoms with Crippen LogP contribution in [0.1, 0.15) is 11.1 Å². The van der Waals surface area contributed by atoms with Gasteiger partial charge in [0.25, 0.3) is 0 Å². The zero-order valence-electron chi connectivity index (χ0n) is 15.0. The van der Waals surface area contributed by atoms with Crippen molar-refractivity contribution < 1.29 is 0 Å². The van der Waals surface area contributed by atoms with Gasteiger partial charge in [-0.3, -0.25) is 0 Å². The molecular formula is C19H24N4Si. The third-order valence-electron chi connectivity index (χ3n) is 3.97. The molecule has 0 aliphatic carbocycles. The molecule has 0 fully saturated rings. The van der Waals surface area contributed by atoms with Gasteiger partial charge in [-0.15, -0.1) is 5.10 Å². The average molecular weight is 337 g/mol. The lowest BCUT2D eigenvalue weighted by Crippen LogP contribution is -2.40. The molecule has 0 atom stereocenters. The van der Waals surface area contributed by atoms with E-state index in [9.17, 15) is 0 Å². The zero-order chi connectivity index (χ0) is 17.3. The molecule has 1 heterocycles. The highest BCUT2D eigenvalue weighted by atomic mass is 28.3. The van der Waals surface area contributed by atoms with Crippen molar-refractivity contribution in [1.82, 2.24) is 15.0 Å². The summed E-state index contributed by atoms with van der Waals surface area (Å²) in [6.45, 7) is 11.0. The van der Waals surface area contributed by atoms with Gasteiger partial charge in [-0.1, -0.05) is 60.2 Å². The quantitative estimate of drug-likeness (QED) is 0.727. The second-order valence-corrected chi connectivity index (χ2v) is 12.2. The summed E-state index contributed by atoms with van der Waals surface area (Å²) < 4.78 is 1.91. The molecule has 124 valence electrons. The molecule has 0 radical (unpaired) electrons. The lowest BCUT2D eigenvalue weighted by Gasteiger charge is -2.17. The van der Waals surface area contributed by atoms with Gasteiger partial charge >= 0.3 is 0 Å². The molecule has 3 rings (SSSR count). The normalized spacial score (nSPS) is 11.5. The number of rotatable bonds is 4. The second-order valence-electron chi connectivity index (χ2n) is 7.28. The fourth-order valence-electron chi connectivity index (χ4n) is 2.54. The van der Waals surface area contributed by atoms with E-state index in [0.717, 1.165) is 22.5 Å². The summed E-state index contributed by atoms with van der Waals surface area (Å²) in [5, 5.41) is 13.6. The monoisotopic (exact) mass is 336 g/mol. The topological polar surface area (TPSA) is 42.7 Å². The van der Waals surface area contributed by atoms with E-state index in [1.54, 1.807) is 0 Å². The third kappa shape index (κ3) is 3.41. The minimum absolute atomic E-state index is 0.974. The first-order valence-electron chi connectivity index (χ1n) is 8.21. The Kier molecular flexibility index (Phi) is 4.28. The van der Waals surface area contributed by atoms with Crippen LogP contribution in [-0.4, -0.2) is 23.1 Å². The van der Waals surface area contributed by atoms with Crippen molar-refractivity contribution in [3.8, 4) is 5.69 Å². The Hall–Kier alpha value is -2.40. The van der Waals surface area contributed by atoms with Crippen LogP contribution < -0.4 is 10.6 Å². The molecule has 0 aliphatic heterocycles. The molecule has 0 aliphatic rings. The predicted octanol–water partition coefficient (Wildman–Crippen LogP) is 4.17. The number of hydrogen-bond donors (Lipinski definition) is 1. The van der Waals surface area contributed by atoms with Gasteiger partial charge in [-0.2, -0.15) is 4.68 Å². The van der Waals surface area contributed by atoms with E-state index in [-0.39, 0.29) is 0 Å². The average Bonchev–Trinajstić information content (AvgIpc) is 2.94. The smallest absolute Gasteiger partial charge is 0.153 e. The summed E-state index contributed by atoms with van der Waals surface area (Å²) in [5.41, 5.74) is 4.55. The molecule has 1 N–H and O–H groups in total. The molecule has 3 aromatic rings. The van der Waals surface area contributed by atoms with Crippen LogP contribution in [0.25, 0.3) is 5.69 Å². The van der Waals surface area contributed by atoms with Crippen LogP contribution in [0.3, 0.4) is 0 Å². The number of anilines is 2. The van der Waals surface area contributed by atoms with Crippen LogP contribution in [0.5, 0.6) is 0 Å². The van der Waals surface area contributed by atoms with Gasteiger partial charge in [-0.05, 0) is 38.1 Å². The molecule has 2 aromatic carbocycles. The summed E-state index contributed by atoms with van der Waals surface area (Å²) in [4.78, 5) is 0. The van der Waals surface area contributed by atoms with Gasteiger partial charge in [0.15, 0.2) is 5.82 Å². The van der Waals surface area contributed by atoms with E-state index < -0.39 is 8.07 Å². The predicted molar refractivity (Wildman–Crippen MR) is 104 cm³/mol. The molecule has 0 saturated carbocycles. The van der Waals surface area contributed by atoms with Crippen molar-refractivity contribution in [1.29, 1.82) is 0 Å². The van der Waals surface area contributed by atoms with Gasteiger partial charge in [-0.25, -0.2) is 0 Å². The third-order valence-corrected chi connectivity index (χ3v) is 5.73. The summed E-state index contributed by atoms with van der Waals surface area (Å²) in [5.74, 6) is 0.974. The van der Waals surface area contributed by atoms with Crippen LogP contribution in [0.4, 0.5) is 11.5 Å². The van der Waals surface area contributed by atoms with E-state index in [1.807, 2.05) is 4.68 Å². The van der Waals surface area contributed by atoms with Crippen LogP contribution in [0.2, 0.25) is 19.6 Å². The Labute approximate surface area is 144 Å². The van der Waals surface area contributed by atoms with Crippen molar-refractivity contribution in [3.63, 3.8) is 0 Å². The molecule has 1 aromatic heterocycles. The van der Waals surface area contributed by atoms with Crippen molar-refractivity contribution in [2.24, 2.45) is 0 Å². The van der Waals surface area contributed by atoms with Crippen LogP contribution in [-0.2, 0) is 0 Å². The Morgan fingerprint density at radius 1 is 0.833 bits per heavy atom. The molecule has 0 spiro atoms. The van der Waals surface area contributed by atoms with E-state index >= 15 is 0 Å². The fraction of sp³-hybridized carbons (Fsp3) is 0.263. The standard InChI is InChI=1S/C19H24N4Si/c1-14-6-10-16(11-7-14)20-18-19(24(3,4)5)21-22-23(18)17-12-8-15(2)9-13-17/h6-13,20H,1-5H3. The lowest BCUT2D eigenvalue weighted by molar-refractivity contribution is 0.809. The molecule has 5 heteroatoms. The maximum absolute atomic E-state index is 4.51. The highest BCUT2D eigenvalue weighted by Crippen LogP contribution is 2.21. The maximum Gasteiger partial charge on any atom is 0.153 e. The van der Waals surface area contributed by atoms with E-state index in [1.165, 1.54) is 11.1 Å². The minimum atomic E-state index is -1.62. The first kappa shape index (κ1) is 16.5. The van der Waals surface area contributed by atoms with Crippen molar-refractivity contribution >= 4 is 24.9 Å². The molecule has 0 amide bonds. The number of aromatic nitrogens is 3. The number of hydrogen-bond acceptors (Lipinski definition) is 3. The number of aryl methyl sites for hydroxylation is 2. The largest absolute Gasteiger partial charge is 0.339 e. The van der Waals surface area contributed by atoms with Crippen LogP contribution in [0.15, 0.2) is 48.5 Å². The molecule has 24 heavy (non-hydrogen) atoms. The Morgan fingerprint density at radius 2 is 1.38 bits per heavy atom. The Bertz CT molecular complexity index is 827. The number of benzene rings is 2. The molecule has 4 nitrogen and oxygen atoms in total. The van der Waals surface area contributed by atoms with E-state index in [0.29, 0.717) is 0 Å². The summed E-state index contributed by atoms with van der Waals surface area (Å²) >= 11 is 0. The van der Waals surface area contributed by atoms with Crippen molar-refractivity contribution in [2.45, 2.75) is 33.5 Å². The first-order valence-corrected chi connectivity index (χ1v) is 11.7. The van der Waals surface area contributed by atoms with Gasteiger partial charge in [0, 0.05) is 5.69 Å². The number of nitrogens with zero attached hydrogens (tertiary/aromatic N) is 3. The molecule has 0 unspecified atom stereocenters. The fourth-order valence-corrected chi connectivity index (χ4v) is 3.76. The highest BCUT2D eigenvalue weighted by molar-refractivity contribution is 6.89. The van der Waals surface area contributed by atoms with Crippen LogP contribution in [0, 0.1) is 13.8 Å². The summed E-state index contributed by atoms with van der Waals surface area (Å²) in [7, 11) is -1.62. The van der Waals surface area contributed by atoms with E-state index in [4.69, 9.17) is 0 Å². The van der Waals surface area contributed by atoms with E-state index in [2.05, 4.69) is 97.6 Å². The maximum atomic E-state index is 4.51. The van der Waals surface area contributed by atoms with Gasteiger partial charge < -0.3 is 5.32 Å². The van der Waals surface area contributed by atoms with Crippen molar-refractivity contribution in [2.75, 3.05) is 5.32 Å². The summed E-state index contributed by atoms with van der Waals surface area (Å²) in [6, 6.07) is 16.8. The van der Waals surface area contributed by atoms with Gasteiger partial charge in [0.1, 0.15) is 8.07 Å². The minimum Gasteiger partial charge on any atom is -0.339 e. The highest BCUT2D eigenvalue weighted by Gasteiger charge is 2.27. The SMILES string of the molecule is Cc1ccc(Nc2c([Si](C)(C)C)nnn2-c2ccc(C)cc2)cc1. The molecular weight excluding hydrogens is 312 g/mol. The van der Waals surface area contributed by atoms with Crippen LogP contribution >= 0.6 is 0 Å². The second kappa shape index (κ2) is 6.24. The van der Waals surface area contributed by atoms with Crippen molar-refractivity contribution in [3.05, 3.63) is 59.7 Å². The first-order chi connectivity index (χ1) is 11.3. The Balaban J connectivity index is 2.08. The summed E-state index contributed by atoms with van der Waals surface area (Å²) in [6.07, 6.45) is 0. The molecule has 0 saturated heterocycles. The molecule has 0 bridgehead atoms. The Morgan fingerprint density at radius 3 is 1.92 bits per heavy atom. The lowest BCUT2D eigenvalue weighted by atomic mass is 10.2. The number of nitrogens with one attached hydrogen (secondary N) is 1. The van der Waals surface area contributed by atoms with Gasteiger partial charge in [0.05, 0.1) is 11.0 Å².